The van der Waals surface area contributed by atoms with Gasteiger partial charge in [-0.25, -0.2) is 5.43 Å². The van der Waals surface area contributed by atoms with E-state index in [0.717, 1.165) is 5.56 Å². The minimum Gasteiger partial charge on any atom is -0.455 e. The highest BCUT2D eigenvalue weighted by molar-refractivity contribution is 5.94. The van der Waals surface area contributed by atoms with Crippen molar-refractivity contribution in [1.82, 2.24) is 5.43 Å². The van der Waals surface area contributed by atoms with Crippen LogP contribution in [0.3, 0.4) is 0 Å². The van der Waals surface area contributed by atoms with Crippen molar-refractivity contribution in [1.29, 1.82) is 0 Å². The van der Waals surface area contributed by atoms with Crippen molar-refractivity contribution in [3.05, 3.63) is 87.7 Å². The molecule has 0 atom stereocenters. The number of hydrogen-bond donors (Lipinski definition) is 1. The Morgan fingerprint density at radius 2 is 1.76 bits per heavy atom. The molecular weight excluding hydrogens is 370 g/mol. The monoisotopic (exact) mass is 391 g/mol. The molecule has 1 amide bonds. The number of nitro benzene ring substituents is 1. The second kappa shape index (κ2) is 8.10. The first-order chi connectivity index (χ1) is 13.8. The second-order valence-electron chi connectivity index (χ2n) is 7.50. The molecule has 0 aliphatic carbocycles. The molecular formula is C22H21N3O4. The van der Waals surface area contributed by atoms with Crippen LogP contribution >= 0.6 is 0 Å². The average molecular weight is 391 g/mol. The second-order valence-corrected chi connectivity index (χ2v) is 7.50. The van der Waals surface area contributed by atoms with Crippen molar-refractivity contribution in [2.75, 3.05) is 0 Å². The minimum atomic E-state index is -0.462. The molecule has 0 unspecified atom stereocenters. The predicted octanol–water partition coefficient (Wildman–Crippen LogP) is 4.92. The first kappa shape index (κ1) is 20.0. The molecule has 1 heterocycles. The van der Waals surface area contributed by atoms with Gasteiger partial charge in [0.05, 0.1) is 16.7 Å². The van der Waals surface area contributed by atoms with Gasteiger partial charge in [-0.15, -0.1) is 0 Å². The van der Waals surface area contributed by atoms with Gasteiger partial charge < -0.3 is 4.42 Å². The van der Waals surface area contributed by atoms with Crippen molar-refractivity contribution in [2.24, 2.45) is 5.10 Å². The molecule has 7 heteroatoms. The van der Waals surface area contributed by atoms with Crippen molar-refractivity contribution in [2.45, 2.75) is 26.2 Å². The molecule has 0 radical (unpaired) electrons. The van der Waals surface area contributed by atoms with Gasteiger partial charge in [0.15, 0.2) is 0 Å². The Balaban J connectivity index is 1.68. The van der Waals surface area contributed by atoms with Crippen LogP contribution in [0.2, 0.25) is 0 Å². The highest BCUT2D eigenvalue weighted by Gasteiger charge is 2.17. The Morgan fingerprint density at radius 3 is 2.41 bits per heavy atom. The molecule has 0 bridgehead atoms. The summed E-state index contributed by atoms with van der Waals surface area (Å²) in [5.74, 6) is 0.372. The van der Waals surface area contributed by atoms with Crippen molar-refractivity contribution in [3.63, 3.8) is 0 Å². The fraction of sp³-hybridized carbons (Fsp3) is 0.182. The van der Waals surface area contributed by atoms with E-state index < -0.39 is 4.92 Å². The Labute approximate surface area is 168 Å². The fourth-order valence-corrected chi connectivity index (χ4v) is 2.75. The number of para-hydroxylation sites is 1. The Hall–Kier alpha value is -3.74. The normalized spacial score (nSPS) is 11.6. The Kier molecular flexibility index (Phi) is 5.59. The number of nitro groups is 1. The number of nitrogens with zero attached hydrogens (tertiary/aromatic N) is 2. The number of nitrogens with one attached hydrogen (secondary N) is 1. The number of amides is 1. The van der Waals surface area contributed by atoms with Gasteiger partial charge >= 0.3 is 0 Å². The third kappa shape index (κ3) is 4.76. The van der Waals surface area contributed by atoms with Gasteiger partial charge in [-0.1, -0.05) is 45.0 Å². The van der Waals surface area contributed by atoms with E-state index in [9.17, 15) is 14.9 Å². The number of hydrogen-bond acceptors (Lipinski definition) is 5. The molecule has 148 valence electrons. The molecule has 7 nitrogen and oxygen atoms in total. The zero-order chi connectivity index (χ0) is 21.0. The number of benzene rings is 2. The lowest BCUT2D eigenvalue weighted by molar-refractivity contribution is -0.384. The molecule has 29 heavy (non-hydrogen) atoms. The zero-order valence-electron chi connectivity index (χ0n) is 16.4. The van der Waals surface area contributed by atoms with Crippen LogP contribution in [0.1, 0.15) is 42.5 Å². The van der Waals surface area contributed by atoms with Gasteiger partial charge in [0.25, 0.3) is 11.6 Å². The number of carbonyl (C=O) groups excluding carboxylic acids is 1. The van der Waals surface area contributed by atoms with E-state index in [1.807, 2.05) is 12.1 Å². The molecule has 0 aliphatic heterocycles. The molecule has 3 rings (SSSR count). The van der Waals surface area contributed by atoms with Crippen LogP contribution in [0.5, 0.6) is 0 Å². The minimum absolute atomic E-state index is 0.0119. The fourth-order valence-electron chi connectivity index (χ4n) is 2.75. The maximum Gasteiger partial charge on any atom is 0.280 e. The number of hydrazone groups is 1. The van der Waals surface area contributed by atoms with Gasteiger partial charge in [0.2, 0.25) is 0 Å². The number of carbonyl (C=O) groups is 1. The van der Waals surface area contributed by atoms with E-state index in [2.05, 4.69) is 31.3 Å². The van der Waals surface area contributed by atoms with Gasteiger partial charge in [-0.2, -0.15) is 5.10 Å². The Bertz CT molecular complexity index is 1060. The smallest absolute Gasteiger partial charge is 0.280 e. The van der Waals surface area contributed by atoms with Crippen molar-refractivity contribution >= 4 is 17.8 Å². The lowest BCUT2D eigenvalue weighted by atomic mass is 9.87. The van der Waals surface area contributed by atoms with Crippen LogP contribution in [0.15, 0.2) is 70.2 Å². The molecule has 1 aromatic heterocycles. The predicted molar refractivity (Wildman–Crippen MR) is 111 cm³/mol. The van der Waals surface area contributed by atoms with Crippen LogP contribution in [0, 0.1) is 10.1 Å². The lowest BCUT2D eigenvalue weighted by Crippen LogP contribution is -2.18. The summed E-state index contributed by atoms with van der Waals surface area (Å²) in [4.78, 5) is 22.9. The standard InChI is InChI=1S/C22H21N3O4/c1-22(2,3)16-10-8-15(9-11-16)21(26)24-23-14-17-12-13-20(29-17)18-6-4-5-7-19(18)25(27)28/h4-14H,1-3H3,(H,24,26)/b23-14-. The van der Waals surface area contributed by atoms with E-state index in [1.165, 1.54) is 12.3 Å². The third-order valence-corrected chi connectivity index (χ3v) is 4.36. The van der Waals surface area contributed by atoms with Crippen LogP contribution in [0.25, 0.3) is 11.3 Å². The molecule has 2 aromatic carbocycles. The largest absolute Gasteiger partial charge is 0.455 e. The summed E-state index contributed by atoms with van der Waals surface area (Å²) in [6, 6.07) is 16.9. The summed E-state index contributed by atoms with van der Waals surface area (Å²) in [7, 11) is 0. The van der Waals surface area contributed by atoms with Crippen molar-refractivity contribution < 1.29 is 14.1 Å². The van der Waals surface area contributed by atoms with Crippen LogP contribution in [0.4, 0.5) is 5.69 Å². The van der Waals surface area contributed by atoms with E-state index in [4.69, 9.17) is 4.42 Å². The molecule has 0 saturated heterocycles. The van der Waals surface area contributed by atoms with Gasteiger partial charge in [-0.05, 0) is 41.3 Å². The first-order valence-electron chi connectivity index (χ1n) is 9.03. The summed E-state index contributed by atoms with van der Waals surface area (Å²) in [5.41, 5.74) is 4.42. The quantitative estimate of drug-likeness (QED) is 0.379. The summed E-state index contributed by atoms with van der Waals surface area (Å²) in [5, 5.41) is 15.1. The molecule has 0 saturated carbocycles. The van der Waals surface area contributed by atoms with Crippen LogP contribution in [-0.4, -0.2) is 17.0 Å². The van der Waals surface area contributed by atoms with Crippen LogP contribution < -0.4 is 5.43 Å². The van der Waals surface area contributed by atoms with E-state index in [-0.39, 0.29) is 17.0 Å². The van der Waals surface area contributed by atoms with Gasteiger partial charge in [0.1, 0.15) is 11.5 Å². The molecule has 1 N–H and O–H groups in total. The first-order valence-corrected chi connectivity index (χ1v) is 9.03. The highest BCUT2D eigenvalue weighted by atomic mass is 16.6. The number of furan rings is 1. The average Bonchev–Trinajstić information content (AvgIpc) is 3.16. The number of rotatable bonds is 5. The maximum atomic E-state index is 12.2. The highest BCUT2D eigenvalue weighted by Crippen LogP contribution is 2.30. The molecule has 0 fully saturated rings. The van der Waals surface area contributed by atoms with Gasteiger partial charge in [0, 0.05) is 11.6 Å². The van der Waals surface area contributed by atoms with E-state index in [0.29, 0.717) is 22.6 Å². The maximum absolute atomic E-state index is 12.2. The zero-order valence-corrected chi connectivity index (χ0v) is 16.4. The Morgan fingerprint density at radius 1 is 1.07 bits per heavy atom. The SMILES string of the molecule is CC(C)(C)c1ccc(C(=O)N/N=C\c2ccc(-c3ccccc3[N+](=O)[O-])o2)cc1. The summed E-state index contributed by atoms with van der Waals surface area (Å²) in [6.07, 6.45) is 1.35. The molecule has 0 spiro atoms. The summed E-state index contributed by atoms with van der Waals surface area (Å²) < 4.78 is 5.60. The van der Waals surface area contributed by atoms with E-state index >= 15 is 0 Å². The van der Waals surface area contributed by atoms with Crippen molar-refractivity contribution in [3.8, 4) is 11.3 Å². The molecule has 0 aliphatic rings. The van der Waals surface area contributed by atoms with E-state index in [1.54, 1.807) is 42.5 Å². The van der Waals surface area contributed by atoms with Crippen LogP contribution in [-0.2, 0) is 5.41 Å². The summed E-state index contributed by atoms with van der Waals surface area (Å²) in [6.45, 7) is 6.32. The topological polar surface area (TPSA) is 97.7 Å². The lowest BCUT2D eigenvalue weighted by Gasteiger charge is -2.18. The summed E-state index contributed by atoms with van der Waals surface area (Å²) >= 11 is 0. The molecule has 3 aromatic rings. The third-order valence-electron chi connectivity index (χ3n) is 4.36. The van der Waals surface area contributed by atoms with Gasteiger partial charge in [-0.3, -0.25) is 14.9 Å².